The van der Waals surface area contributed by atoms with Crippen LogP contribution in [0.2, 0.25) is 5.02 Å². The number of anilines is 1. The summed E-state index contributed by atoms with van der Waals surface area (Å²) in [6.07, 6.45) is 0.195. The Labute approximate surface area is 149 Å². The number of imide groups is 1. The standard InChI is InChI=1S/C19H15ClN2O3/c1-12-6-8-13(9-7-12)22-17(23)11-19(18(22)24)10-16(21-25-19)14-4-2-3-5-15(14)20/h2-9H,10-11H2,1H3/t19-/m1/s1. The maximum atomic E-state index is 13.0. The van der Waals surface area contributed by atoms with Gasteiger partial charge in [-0.25, -0.2) is 4.90 Å². The molecule has 2 aliphatic rings. The summed E-state index contributed by atoms with van der Waals surface area (Å²) in [6, 6.07) is 14.5. The van der Waals surface area contributed by atoms with Crippen LogP contribution >= 0.6 is 11.6 Å². The van der Waals surface area contributed by atoms with Crippen LogP contribution in [0.1, 0.15) is 24.0 Å². The van der Waals surface area contributed by atoms with E-state index in [4.69, 9.17) is 16.4 Å². The minimum Gasteiger partial charge on any atom is -0.378 e. The second kappa shape index (κ2) is 5.70. The van der Waals surface area contributed by atoms with E-state index in [-0.39, 0.29) is 24.7 Å². The average Bonchev–Trinajstić information content (AvgIpc) is 3.11. The van der Waals surface area contributed by atoms with Gasteiger partial charge in [-0.15, -0.1) is 0 Å². The summed E-state index contributed by atoms with van der Waals surface area (Å²) in [4.78, 5) is 32.1. The first-order valence-corrected chi connectivity index (χ1v) is 8.32. The van der Waals surface area contributed by atoms with Gasteiger partial charge in [0.1, 0.15) is 0 Å². The van der Waals surface area contributed by atoms with Gasteiger partial charge in [-0.2, -0.15) is 0 Å². The van der Waals surface area contributed by atoms with Crippen molar-refractivity contribution in [3.63, 3.8) is 0 Å². The summed E-state index contributed by atoms with van der Waals surface area (Å²) in [5.41, 5.74) is 1.63. The van der Waals surface area contributed by atoms with E-state index in [2.05, 4.69) is 5.16 Å². The van der Waals surface area contributed by atoms with Crippen LogP contribution in [0.25, 0.3) is 0 Å². The third-order valence-electron chi connectivity index (χ3n) is 4.54. The molecule has 2 aromatic carbocycles. The minimum absolute atomic E-state index is 0.0306. The fraction of sp³-hybridized carbons (Fsp3) is 0.211. The Balaban J connectivity index is 1.63. The van der Waals surface area contributed by atoms with Gasteiger partial charge in [0.25, 0.3) is 5.91 Å². The molecule has 1 saturated heterocycles. The Morgan fingerprint density at radius 3 is 2.52 bits per heavy atom. The van der Waals surface area contributed by atoms with Crippen LogP contribution in [0, 0.1) is 6.92 Å². The van der Waals surface area contributed by atoms with Gasteiger partial charge in [0, 0.05) is 17.0 Å². The van der Waals surface area contributed by atoms with Gasteiger partial charge in [0.2, 0.25) is 11.5 Å². The highest BCUT2D eigenvalue weighted by Crippen LogP contribution is 2.40. The Morgan fingerprint density at radius 1 is 1.08 bits per heavy atom. The molecule has 2 aliphatic heterocycles. The molecular weight excluding hydrogens is 340 g/mol. The monoisotopic (exact) mass is 354 g/mol. The van der Waals surface area contributed by atoms with Crippen LogP contribution in [-0.2, 0) is 14.4 Å². The maximum absolute atomic E-state index is 13.0. The molecule has 0 saturated carbocycles. The number of benzene rings is 2. The van der Waals surface area contributed by atoms with Gasteiger partial charge in [-0.1, -0.05) is 52.7 Å². The Kier molecular flexibility index (Phi) is 3.62. The Hall–Kier alpha value is -2.66. The minimum atomic E-state index is -1.27. The lowest BCUT2D eigenvalue weighted by molar-refractivity contribution is -0.136. The molecule has 0 unspecified atom stereocenters. The fourth-order valence-electron chi connectivity index (χ4n) is 3.20. The van der Waals surface area contributed by atoms with E-state index in [0.29, 0.717) is 16.4 Å². The van der Waals surface area contributed by atoms with E-state index >= 15 is 0 Å². The SMILES string of the molecule is Cc1ccc(N2C(=O)C[C@]3(CC(c4ccccc4Cl)=NO3)C2=O)cc1. The average molecular weight is 355 g/mol. The molecule has 4 rings (SSSR count). The number of oxime groups is 1. The van der Waals surface area contributed by atoms with Gasteiger partial charge in [0.15, 0.2) is 0 Å². The van der Waals surface area contributed by atoms with Crippen molar-refractivity contribution in [2.75, 3.05) is 4.90 Å². The van der Waals surface area contributed by atoms with Crippen LogP contribution in [0.5, 0.6) is 0 Å². The number of amides is 2. The van der Waals surface area contributed by atoms with Crippen molar-refractivity contribution >= 4 is 34.8 Å². The van der Waals surface area contributed by atoms with Crippen LogP contribution < -0.4 is 4.90 Å². The molecule has 1 atom stereocenters. The Bertz CT molecular complexity index is 907. The first-order chi connectivity index (χ1) is 12.0. The lowest BCUT2D eigenvalue weighted by atomic mass is 9.92. The van der Waals surface area contributed by atoms with E-state index in [1.165, 1.54) is 4.90 Å². The van der Waals surface area contributed by atoms with Gasteiger partial charge in [-0.3, -0.25) is 9.59 Å². The third-order valence-corrected chi connectivity index (χ3v) is 4.87. The van der Waals surface area contributed by atoms with Gasteiger partial charge < -0.3 is 4.84 Å². The molecule has 0 aromatic heterocycles. The van der Waals surface area contributed by atoms with Crippen LogP contribution in [0.4, 0.5) is 5.69 Å². The summed E-state index contributed by atoms with van der Waals surface area (Å²) in [6.45, 7) is 1.95. The predicted molar refractivity (Wildman–Crippen MR) is 94.7 cm³/mol. The molecule has 0 radical (unpaired) electrons. The van der Waals surface area contributed by atoms with E-state index in [1.807, 2.05) is 37.3 Å². The van der Waals surface area contributed by atoms with E-state index in [9.17, 15) is 9.59 Å². The number of hydrogen-bond acceptors (Lipinski definition) is 4. The highest BCUT2D eigenvalue weighted by Gasteiger charge is 2.58. The van der Waals surface area contributed by atoms with Crippen LogP contribution in [0.3, 0.4) is 0 Å². The van der Waals surface area contributed by atoms with E-state index in [0.717, 1.165) is 11.1 Å². The van der Waals surface area contributed by atoms with Crippen molar-refractivity contribution in [3.05, 3.63) is 64.7 Å². The van der Waals surface area contributed by atoms with Crippen LogP contribution in [-0.4, -0.2) is 23.1 Å². The normalized spacial score (nSPS) is 22.5. The highest BCUT2D eigenvalue weighted by atomic mass is 35.5. The molecule has 6 heteroatoms. The summed E-state index contributed by atoms with van der Waals surface area (Å²) in [5.74, 6) is -0.670. The van der Waals surface area contributed by atoms with Crippen molar-refractivity contribution in [3.8, 4) is 0 Å². The second-order valence-electron chi connectivity index (χ2n) is 6.33. The van der Waals surface area contributed by atoms with E-state index in [1.54, 1.807) is 18.2 Å². The van der Waals surface area contributed by atoms with Crippen LogP contribution in [0.15, 0.2) is 53.7 Å². The van der Waals surface area contributed by atoms with E-state index < -0.39 is 5.60 Å². The van der Waals surface area contributed by atoms with Gasteiger partial charge >= 0.3 is 0 Å². The molecule has 25 heavy (non-hydrogen) atoms. The molecule has 2 heterocycles. The molecule has 2 aromatic rings. The quantitative estimate of drug-likeness (QED) is 0.776. The van der Waals surface area contributed by atoms with Crippen molar-refractivity contribution in [2.24, 2.45) is 5.16 Å². The van der Waals surface area contributed by atoms with Gasteiger partial charge in [-0.05, 0) is 25.1 Å². The number of carbonyl (C=O) groups excluding carboxylic acids is 2. The zero-order valence-electron chi connectivity index (χ0n) is 13.5. The van der Waals surface area contributed by atoms with Crippen molar-refractivity contribution in [1.82, 2.24) is 0 Å². The Morgan fingerprint density at radius 2 is 1.80 bits per heavy atom. The lowest BCUT2D eigenvalue weighted by Gasteiger charge is -2.19. The number of carbonyl (C=O) groups is 2. The first-order valence-electron chi connectivity index (χ1n) is 7.94. The fourth-order valence-corrected chi connectivity index (χ4v) is 3.44. The molecule has 1 spiro atoms. The summed E-state index contributed by atoms with van der Waals surface area (Å²) < 4.78 is 0. The molecule has 126 valence electrons. The largest absolute Gasteiger partial charge is 0.378 e. The zero-order valence-corrected chi connectivity index (χ0v) is 14.3. The van der Waals surface area contributed by atoms with Crippen molar-refractivity contribution in [2.45, 2.75) is 25.4 Å². The number of rotatable bonds is 2. The number of nitrogens with zero attached hydrogens (tertiary/aromatic N) is 2. The molecule has 1 fully saturated rings. The molecule has 2 amide bonds. The lowest BCUT2D eigenvalue weighted by Crippen LogP contribution is -2.40. The maximum Gasteiger partial charge on any atom is 0.281 e. The second-order valence-corrected chi connectivity index (χ2v) is 6.73. The summed E-state index contributed by atoms with van der Waals surface area (Å²) in [7, 11) is 0. The van der Waals surface area contributed by atoms with Gasteiger partial charge in [0.05, 0.1) is 17.8 Å². The first kappa shape index (κ1) is 15.8. The molecule has 5 nitrogen and oxygen atoms in total. The van der Waals surface area contributed by atoms with Crippen molar-refractivity contribution < 1.29 is 14.4 Å². The highest BCUT2D eigenvalue weighted by molar-refractivity contribution is 6.34. The predicted octanol–water partition coefficient (Wildman–Crippen LogP) is 3.48. The molecular formula is C19H15ClN2O3. The number of halogens is 1. The summed E-state index contributed by atoms with van der Waals surface area (Å²) >= 11 is 6.21. The third kappa shape index (κ3) is 2.51. The smallest absolute Gasteiger partial charge is 0.281 e. The summed E-state index contributed by atoms with van der Waals surface area (Å²) in [5, 5.41) is 4.60. The molecule has 0 bridgehead atoms. The number of hydrogen-bond donors (Lipinski definition) is 0. The number of aryl methyl sites for hydroxylation is 1. The molecule has 0 N–H and O–H groups in total. The zero-order chi connectivity index (χ0) is 17.6. The molecule has 0 aliphatic carbocycles. The van der Waals surface area contributed by atoms with Crippen molar-refractivity contribution in [1.29, 1.82) is 0 Å². The topological polar surface area (TPSA) is 59.0 Å².